The Bertz CT molecular complexity index is 581. The van der Waals surface area contributed by atoms with Crippen molar-refractivity contribution in [2.45, 2.75) is 25.4 Å². The second-order valence-corrected chi connectivity index (χ2v) is 6.00. The molecule has 1 aliphatic carbocycles. The van der Waals surface area contributed by atoms with Crippen LogP contribution >= 0.6 is 22.9 Å². The molecule has 19 heavy (non-hydrogen) atoms. The van der Waals surface area contributed by atoms with Gasteiger partial charge < -0.3 is 10.6 Å². The van der Waals surface area contributed by atoms with Crippen molar-refractivity contribution in [3.8, 4) is 0 Å². The first kappa shape index (κ1) is 12.8. The highest BCUT2D eigenvalue weighted by molar-refractivity contribution is 7.07. The summed E-state index contributed by atoms with van der Waals surface area (Å²) in [5.74, 6) is -0.415. The van der Waals surface area contributed by atoms with Gasteiger partial charge in [-0.25, -0.2) is 4.39 Å². The largest absolute Gasteiger partial charge is 0.397 e. The summed E-state index contributed by atoms with van der Waals surface area (Å²) >= 11 is 7.42. The summed E-state index contributed by atoms with van der Waals surface area (Å²) < 4.78 is 13.7. The van der Waals surface area contributed by atoms with Gasteiger partial charge in [-0.3, -0.25) is 0 Å². The van der Waals surface area contributed by atoms with Crippen LogP contribution in [0.25, 0.3) is 0 Å². The minimum absolute atomic E-state index is 0.0764. The van der Waals surface area contributed by atoms with E-state index in [1.165, 1.54) is 17.7 Å². The summed E-state index contributed by atoms with van der Waals surface area (Å²) in [7, 11) is 0. The number of nitrogen functional groups attached to an aromatic ring is 1. The minimum atomic E-state index is -0.415. The van der Waals surface area contributed by atoms with Crippen LogP contribution in [0.2, 0.25) is 5.02 Å². The smallest absolute Gasteiger partial charge is 0.144 e. The van der Waals surface area contributed by atoms with Crippen LogP contribution in [0.15, 0.2) is 29.0 Å². The zero-order chi connectivity index (χ0) is 13.4. The second kappa shape index (κ2) is 5.02. The summed E-state index contributed by atoms with van der Waals surface area (Å²) in [6, 6.07) is 5.49. The van der Waals surface area contributed by atoms with Crippen LogP contribution in [-0.4, -0.2) is 6.04 Å². The van der Waals surface area contributed by atoms with Gasteiger partial charge >= 0.3 is 0 Å². The van der Waals surface area contributed by atoms with Crippen molar-refractivity contribution in [3.05, 3.63) is 45.4 Å². The van der Waals surface area contributed by atoms with Crippen LogP contribution in [0, 0.1) is 5.82 Å². The predicted molar refractivity (Wildman–Crippen MR) is 79.3 cm³/mol. The van der Waals surface area contributed by atoms with Gasteiger partial charge in [0, 0.05) is 18.7 Å². The third-order valence-corrected chi connectivity index (χ3v) is 4.32. The topological polar surface area (TPSA) is 29.3 Å². The molecule has 1 heterocycles. The first-order valence-electron chi connectivity index (χ1n) is 6.17. The molecule has 1 saturated carbocycles. The van der Waals surface area contributed by atoms with Crippen molar-refractivity contribution in [2.24, 2.45) is 0 Å². The number of thiophene rings is 1. The maximum absolute atomic E-state index is 13.7. The molecule has 0 radical (unpaired) electrons. The molecule has 0 atom stereocenters. The molecule has 0 spiro atoms. The average Bonchev–Trinajstić information content (AvgIpc) is 3.09. The van der Waals surface area contributed by atoms with E-state index in [9.17, 15) is 4.39 Å². The van der Waals surface area contributed by atoms with E-state index in [1.54, 1.807) is 11.3 Å². The van der Waals surface area contributed by atoms with E-state index in [2.05, 4.69) is 16.3 Å². The summed E-state index contributed by atoms with van der Waals surface area (Å²) in [6.45, 7) is 0.763. The van der Waals surface area contributed by atoms with E-state index < -0.39 is 5.82 Å². The van der Waals surface area contributed by atoms with Crippen LogP contribution in [0.4, 0.5) is 15.8 Å². The van der Waals surface area contributed by atoms with Crippen molar-refractivity contribution in [1.29, 1.82) is 0 Å². The van der Waals surface area contributed by atoms with Crippen molar-refractivity contribution >= 4 is 34.3 Å². The lowest BCUT2D eigenvalue weighted by Crippen LogP contribution is -2.25. The zero-order valence-electron chi connectivity index (χ0n) is 10.3. The molecule has 0 amide bonds. The van der Waals surface area contributed by atoms with E-state index >= 15 is 0 Å². The number of hydrogen-bond donors (Lipinski definition) is 1. The molecular weight excluding hydrogens is 283 g/mol. The predicted octanol–water partition coefficient (Wildman–Crippen LogP) is 4.29. The van der Waals surface area contributed by atoms with Crippen LogP contribution in [0.5, 0.6) is 0 Å². The molecule has 1 aromatic carbocycles. The monoisotopic (exact) mass is 296 g/mol. The highest BCUT2D eigenvalue weighted by Crippen LogP contribution is 2.38. The molecule has 0 bridgehead atoms. The quantitative estimate of drug-likeness (QED) is 0.853. The van der Waals surface area contributed by atoms with E-state index in [0.29, 0.717) is 11.7 Å². The van der Waals surface area contributed by atoms with Gasteiger partial charge in [0.2, 0.25) is 0 Å². The lowest BCUT2D eigenvalue weighted by molar-refractivity contribution is 0.626. The Hall–Kier alpha value is -1.26. The van der Waals surface area contributed by atoms with Crippen LogP contribution in [-0.2, 0) is 6.54 Å². The molecule has 2 aromatic rings. The number of rotatable bonds is 4. The number of halogens is 2. The molecule has 1 fully saturated rings. The Kier molecular flexibility index (Phi) is 3.37. The average molecular weight is 297 g/mol. The molecule has 5 heteroatoms. The van der Waals surface area contributed by atoms with Crippen molar-refractivity contribution < 1.29 is 4.39 Å². The Morgan fingerprint density at radius 2 is 2.21 bits per heavy atom. The Balaban J connectivity index is 1.94. The zero-order valence-corrected chi connectivity index (χ0v) is 11.8. The fourth-order valence-corrected chi connectivity index (χ4v) is 3.01. The highest BCUT2D eigenvalue weighted by Gasteiger charge is 2.30. The highest BCUT2D eigenvalue weighted by atomic mass is 35.5. The molecular formula is C14H14ClFN2S. The maximum Gasteiger partial charge on any atom is 0.144 e. The number of nitrogens with zero attached hydrogens (tertiary/aromatic N) is 1. The number of hydrogen-bond acceptors (Lipinski definition) is 3. The fourth-order valence-electron chi connectivity index (χ4n) is 2.18. The molecule has 2 nitrogen and oxygen atoms in total. The lowest BCUT2D eigenvalue weighted by atomic mass is 10.2. The van der Waals surface area contributed by atoms with E-state index in [-0.39, 0.29) is 5.02 Å². The van der Waals surface area contributed by atoms with Crippen LogP contribution < -0.4 is 10.6 Å². The number of anilines is 2. The lowest BCUT2D eigenvalue weighted by Gasteiger charge is -2.26. The molecule has 3 rings (SSSR count). The van der Waals surface area contributed by atoms with Gasteiger partial charge in [0.25, 0.3) is 0 Å². The summed E-state index contributed by atoms with van der Waals surface area (Å²) in [5.41, 5.74) is 8.51. The normalized spacial score (nSPS) is 14.6. The third kappa shape index (κ3) is 2.69. The Morgan fingerprint density at radius 1 is 1.42 bits per heavy atom. The van der Waals surface area contributed by atoms with Crippen molar-refractivity contribution in [1.82, 2.24) is 0 Å². The van der Waals surface area contributed by atoms with Gasteiger partial charge in [-0.15, -0.1) is 0 Å². The molecule has 100 valence electrons. The van der Waals surface area contributed by atoms with Crippen molar-refractivity contribution in [3.63, 3.8) is 0 Å². The van der Waals surface area contributed by atoms with Crippen LogP contribution in [0.3, 0.4) is 0 Å². The van der Waals surface area contributed by atoms with Gasteiger partial charge in [-0.2, -0.15) is 11.3 Å². The van der Waals surface area contributed by atoms with Crippen molar-refractivity contribution in [2.75, 3.05) is 10.6 Å². The van der Waals surface area contributed by atoms with E-state index in [1.807, 2.05) is 5.38 Å². The summed E-state index contributed by atoms with van der Waals surface area (Å²) in [6.07, 6.45) is 2.27. The van der Waals surface area contributed by atoms with E-state index in [4.69, 9.17) is 17.3 Å². The van der Waals surface area contributed by atoms with E-state index in [0.717, 1.165) is 25.1 Å². The number of benzene rings is 1. The van der Waals surface area contributed by atoms with Gasteiger partial charge in [-0.1, -0.05) is 11.6 Å². The maximum atomic E-state index is 13.7. The molecule has 1 aromatic heterocycles. The fraction of sp³-hybridized carbons (Fsp3) is 0.286. The summed E-state index contributed by atoms with van der Waals surface area (Å²) in [4.78, 5) is 2.18. The van der Waals surface area contributed by atoms with Gasteiger partial charge in [-0.05, 0) is 41.3 Å². The second-order valence-electron chi connectivity index (χ2n) is 4.82. The van der Waals surface area contributed by atoms with Gasteiger partial charge in [0.1, 0.15) is 5.82 Å². The minimum Gasteiger partial charge on any atom is -0.397 e. The Morgan fingerprint density at radius 3 is 2.84 bits per heavy atom. The molecule has 2 N–H and O–H groups in total. The summed E-state index contributed by atoms with van der Waals surface area (Å²) in [5, 5.41) is 4.23. The Labute approximate surface area is 120 Å². The first-order valence-corrected chi connectivity index (χ1v) is 7.49. The third-order valence-electron chi connectivity index (χ3n) is 3.30. The molecule has 0 aliphatic heterocycles. The molecule has 1 aliphatic rings. The van der Waals surface area contributed by atoms with Crippen LogP contribution in [0.1, 0.15) is 18.4 Å². The van der Waals surface area contributed by atoms with Gasteiger partial charge in [0.15, 0.2) is 0 Å². The standard InChI is InChI=1S/C14H14ClFN2S/c15-11-5-13(17)14(6-12(11)16)18(10-1-2-10)7-9-3-4-19-8-9/h3-6,8,10H,1-2,7,17H2. The van der Waals surface area contributed by atoms with Gasteiger partial charge in [0.05, 0.1) is 16.4 Å². The number of nitrogens with two attached hydrogens (primary N) is 1. The molecule has 0 unspecified atom stereocenters. The SMILES string of the molecule is Nc1cc(Cl)c(F)cc1N(Cc1ccsc1)C1CC1. The first-order chi connectivity index (χ1) is 9.15. The molecule has 0 saturated heterocycles.